The number of anilines is 1. The quantitative estimate of drug-likeness (QED) is 0.282. The van der Waals surface area contributed by atoms with Gasteiger partial charge in [0.25, 0.3) is 5.69 Å². The average molecular weight is 475 g/mol. The van der Waals surface area contributed by atoms with Gasteiger partial charge in [0.1, 0.15) is 24.4 Å². The Morgan fingerprint density at radius 2 is 2.10 bits per heavy atom. The fourth-order valence-corrected chi connectivity index (χ4v) is 2.86. The highest BCUT2D eigenvalue weighted by Gasteiger charge is 2.10. The number of hydrogen-bond donors (Lipinski definition) is 1. The van der Waals surface area contributed by atoms with Crippen molar-refractivity contribution in [2.24, 2.45) is 5.10 Å². The number of rotatable bonds is 8. The van der Waals surface area contributed by atoms with Crippen LogP contribution < -0.4 is 14.9 Å². The highest BCUT2D eigenvalue weighted by Crippen LogP contribution is 2.33. The largest absolute Gasteiger partial charge is 0.493 e. The minimum absolute atomic E-state index is 0.106. The van der Waals surface area contributed by atoms with Crippen LogP contribution in [0.3, 0.4) is 0 Å². The minimum atomic E-state index is -0.526. The number of nitrogens with zero attached hydrogens (tertiary/aromatic N) is 3. The second kappa shape index (κ2) is 9.79. The first-order chi connectivity index (χ1) is 14.5. The Morgan fingerprint density at radius 3 is 2.77 bits per heavy atom. The average Bonchev–Trinajstić information content (AvgIpc) is 2.74. The smallest absolute Gasteiger partial charge is 0.287 e. The van der Waals surface area contributed by atoms with Crippen LogP contribution in [0, 0.1) is 15.9 Å². The molecule has 8 nitrogen and oxygen atoms in total. The number of benzene rings is 2. The molecule has 0 bridgehead atoms. The van der Waals surface area contributed by atoms with Crippen LogP contribution in [0.1, 0.15) is 11.1 Å². The van der Waals surface area contributed by atoms with Crippen molar-refractivity contribution in [3.05, 3.63) is 86.3 Å². The van der Waals surface area contributed by atoms with E-state index in [4.69, 9.17) is 9.47 Å². The van der Waals surface area contributed by atoms with Gasteiger partial charge in [-0.25, -0.2) is 9.37 Å². The van der Waals surface area contributed by atoms with Gasteiger partial charge in [0, 0.05) is 16.1 Å². The summed E-state index contributed by atoms with van der Waals surface area (Å²) in [6.07, 6.45) is 2.67. The van der Waals surface area contributed by atoms with Gasteiger partial charge in [-0.15, -0.1) is 0 Å². The molecular weight excluding hydrogens is 459 g/mol. The van der Waals surface area contributed by atoms with Gasteiger partial charge < -0.3 is 9.47 Å². The van der Waals surface area contributed by atoms with E-state index < -0.39 is 4.92 Å². The number of nitro groups is 1. The number of halogens is 2. The molecule has 10 heteroatoms. The summed E-state index contributed by atoms with van der Waals surface area (Å²) in [7, 11) is 1.51. The number of pyridine rings is 1. The lowest BCUT2D eigenvalue weighted by molar-refractivity contribution is -0.385. The zero-order valence-electron chi connectivity index (χ0n) is 15.7. The first-order valence-corrected chi connectivity index (χ1v) is 9.40. The first kappa shape index (κ1) is 21.2. The molecule has 0 aliphatic rings. The third-order valence-corrected chi connectivity index (χ3v) is 4.59. The monoisotopic (exact) mass is 474 g/mol. The van der Waals surface area contributed by atoms with E-state index in [1.165, 1.54) is 37.6 Å². The molecular formula is C20H16BrFN4O4. The zero-order valence-corrected chi connectivity index (χ0v) is 17.3. The Labute approximate surface area is 179 Å². The number of hydrazone groups is 1. The van der Waals surface area contributed by atoms with Crippen molar-refractivity contribution in [3.63, 3.8) is 0 Å². The fourth-order valence-electron chi connectivity index (χ4n) is 2.44. The third kappa shape index (κ3) is 5.51. The topological polar surface area (TPSA) is 98.9 Å². The fraction of sp³-hybridized carbons (Fsp3) is 0.100. The van der Waals surface area contributed by atoms with Gasteiger partial charge in [0.2, 0.25) is 0 Å². The maximum absolute atomic E-state index is 13.3. The van der Waals surface area contributed by atoms with Crippen LogP contribution in [-0.2, 0) is 6.61 Å². The van der Waals surface area contributed by atoms with Crippen LogP contribution in [0.4, 0.5) is 15.9 Å². The molecule has 154 valence electrons. The van der Waals surface area contributed by atoms with Crippen molar-refractivity contribution >= 4 is 33.6 Å². The molecule has 0 fully saturated rings. The van der Waals surface area contributed by atoms with Crippen molar-refractivity contribution < 1.29 is 18.8 Å². The summed E-state index contributed by atoms with van der Waals surface area (Å²) in [4.78, 5) is 14.0. The highest BCUT2D eigenvalue weighted by molar-refractivity contribution is 9.10. The summed E-state index contributed by atoms with van der Waals surface area (Å²) < 4.78 is 25.1. The Kier molecular flexibility index (Phi) is 6.91. The molecule has 0 radical (unpaired) electrons. The molecule has 1 aromatic heterocycles. The Balaban J connectivity index is 1.69. The van der Waals surface area contributed by atoms with Crippen LogP contribution in [0.15, 0.2) is 64.3 Å². The number of methoxy groups -OCH3 is 1. The van der Waals surface area contributed by atoms with E-state index in [2.05, 4.69) is 31.4 Å². The second-order valence-corrected chi connectivity index (χ2v) is 6.83. The van der Waals surface area contributed by atoms with Crippen LogP contribution >= 0.6 is 15.9 Å². The third-order valence-electron chi connectivity index (χ3n) is 3.91. The van der Waals surface area contributed by atoms with Crippen LogP contribution in [0.5, 0.6) is 11.5 Å². The zero-order chi connectivity index (χ0) is 21.5. The molecule has 0 unspecified atom stereocenters. The maximum Gasteiger partial charge on any atom is 0.287 e. The van der Waals surface area contributed by atoms with Crippen molar-refractivity contribution in [1.82, 2.24) is 4.98 Å². The van der Waals surface area contributed by atoms with Crippen molar-refractivity contribution in [1.29, 1.82) is 0 Å². The van der Waals surface area contributed by atoms with E-state index >= 15 is 0 Å². The van der Waals surface area contributed by atoms with E-state index in [0.717, 1.165) is 6.20 Å². The van der Waals surface area contributed by atoms with E-state index in [9.17, 15) is 14.5 Å². The molecule has 0 amide bonds. The lowest BCUT2D eigenvalue weighted by Crippen LogP contribution is -2.00. The standard InChI is InChI=1S/C20H16BrFN4O4/c1-29-18-8-14(10-24-25-20-6-5-16(11-23-20)26(27)28)17(21)9-19(18)30-12-13-3-2-4-15(22)7-13/h2-11H,12H2,1H3,(H,23,25)/b24-10+. The summed E-state index contributed by atoms with van der Waals surface area (Å²) in [6.45, 7) is 0.182. The van der Waals surface area contributed by atoms with Crippen molar-refractivity contribution in [3.8, 4) is 11.5 Å². The summed E-state index contributed by atoms with van der Waals surface area (Å²) >= 11 is 3.46. The van der Waals surface area contributed by atoms with E-state index in [-0.39, 0.29) is 18.1 Å². The molecule has 0 saturated carbocycles. The molecule has 3 aromatic rings. The predicted molar refractivity (Wildman–Crippen MR) is 114 cm³/mol. The minimum Gasteiger partial charge on any atom is -0.493 e. The molecule has 30 heavy (non-hydrogen) atoms. The van der Waals surface area contributed by atoms with Gasteiger partial charge in [-0.05, 0) is 51.8 Å². The molecule has 0 spiro atoms. The normalized spacial score (nSPS) is 10.8. The van der Waals surface area contributed by atoms with Gasteiger partial charge in [-0.1, -0.05) is 12.1 Å². The van der Waals surface area contributed by atoms with E-state index in [0.29, 0.717) is 32.9 Å². The van der Waals surface area contributed by atoms with Crippen LogP contribution in [0.2, 0.25) is 0 Å². The molecule has 0 atom stereocenters. The van der Waals surface area contributed by atoms with E-state index in [1.807, 2.05) is 0 Å². The molecule has 0 saturated heterocycles. The molecule has 1 heterocycles. The molecule has 0 aliphatic carbocycles. The molecule has 1 N–H and O–H groups in total. The second-order valence-electron chi connectivity index (χ2n) is 5.97. The number of nitrogens with one attached hydrogen (secondary N) is 1. The van der Waals surface area contributed by atoms with Crippen LogP contribution in [-0.4, -0.2) is 23.2 Å². The lowest BCUT2D eigenvalue weighted by atomic mass is 10.2. The van der Waals surface area contributed by atoms with Crippen molar-refractivity contribution in [2.45, 2.75) is 6.61 Å². The van der Waals surface area contributed by atoms with Gasteiger partial charge in [0.05, 0.1) is 18.2 Å². The Hall–Kier alpha value is -3.53. The lowest BCUT2D eigenvalue weighted by Gasteiger charge is -2.13. The highest BCUT2D eigenvalue weighted by atomic mass is 79.9. The Bertz CT molecular complexity index is 1080. The summed E-state index contributed by atoms with van der Waals surface area (Å²) in [5, 5.41) is 14.7. The van der Waals surface area contributed by atoms with Crippen LogP contribution in [0.25, 0.3) is 0 Å². The Morgan fingerprint density at radius 1 is 1.27 bits per heavy atom. The molecule has 0 aliphatic heterocycles. The summed E-state index contributed by atoms with van der Waals surface area (Å²) in [5.74, 6) is 0.987. The number of hydrogen-bond acceptors (Lipinski definition) is 7. The van der Waals surface area contributed by atoms with Gasteiger partial charge in [-0.3, -0.25) is 15.5 Å². The first-order valence-electron chi connectivity index (χ1n) is 8.60. The number of aromatic nitrogens is 1. The predicted octanol–water partition coefficient (Wildman–Crippen LogP) is 4.93. The van der Waals surface area contributed by atoms with Gasteiger partial charge >= 0.3 is 0 Å². The molecule has 3 rings (SSSR count). The number of ether oxygens (including phenoxy) is 2. The van der Waals surface area contributed by atoms with Crippen molar-refractivity contribution in [2.75, 3.05) is 12.5 Å². The SMILES string of the molecule is COc1cc(/C=N/Nc2ccc([N+](=O)[O-])cn2)c(Br)cc1OCc1cccc(F)c1. The van der Waals surface area contributed by atoms with Gasteiger partial charge in [0.15, 0.2) is 11.5 Å². The summed E-state index contributed by atoms with van der Waals surface area (Å²) in [6, 6.07) is 12.4. The maximum atomic E-state index is 13.3. The van der Waals surface area contributed by atoms with E-state index in [1.54, 1.807) is 24.3 Å². The van der Waals surface area contributed by atoms with Gasteiger partial charge in [-0.2, -0.15) is 5.10 Å². The molecule has 2 aromatic carbocycles. The summed E-state index contributed by atoms with van der Waals surface area (Å²) in [5.41, 5.74) is 3.98.